The van der Waals surface area contributed by atoms with Crippen molar-refractivity contribution >= 4 is 0 Å². The van der Waals surface area contributed by atoms with Crippen LogP contribution in [0.2, 0.25) is 0 Å². The Kier molecular flexibility index (Phi) is 4.88. The molecule has 0 bridgehead atoms. The Balaban J connectivity index is 2.29. The summed E-state index contributed by atoms with van der Waals surface area (Å²) < 4.78 is 6.21. The molecule has 0 amide bonds. The Bertz CT molecular complexity index is 472. The van der Waals surface area contributed by atoms with Crippen LogP contribution in [-0.2, 0) is 10.3 Å². The molecule has 0 fully saturated rings. The van der Waals surface area contributed by atoms with E-state index in [4.69, 9.17) is 4.74 Å². The summed E-state index contributed by atoms with van der Waals surface area (Å²) in [4.78, 5) is 6.60. The predicted octanol–water partition coefficient (Wildman–Crippen LogP) is 2.92. The fourth-order valence-corrected chi connectivity index (χ4v) is 2.14. The van der Waals surface area contributed by atoms with Crippen molar-refractivity contribution < 1.29 is 4.74 Å². The molecule has 0 spiro atoms. The number of hydrogen-bond acceptors (Lipinski definition) is 3. The lowest BCUT2D eigenvalue weighted by atomic mass is 9.91. The fraction of sp³-hybridized carbons (Fsp3) is 0.353. The molecule has 0 saturated heterocycles. The lowest BCUT2D eigenvalue weighted by molar-refractivity contribution is -0.0131. The van der Waals surface area contributed by atoms with Crippen LogP contribution in [0.15, 0.2) is 54.7 Å². The van der Waals surface area contributed by atoms with E-state index in [0.717, 1.165) is 17.8 Å². The van der Waals surface area contributed by atoms with Crippen LogP contribution < -0.4 is 0 Å². The highest BCUT2D eigenvalue weighted by Crippen LogP contribution is 2.31. The largest absolute Gasteiger partial charge is 0.363 e. The molecule has 3 heteroatoms. The molecule has 0 aliphatic heterocycles. The summed E-state index contributed by atoms with van der Waals surface area (Å²) in [6, 6.07) is 16.2. The van der Waals surface area contributed by atoms with E-state index < -0.39 is 5.60 Å². The summed E-state index contributed by atoms with van der Waals surface area (Å²) in [5.41, 5.74) is 1.54. The van der Waals surface area contributed by atoms with Gasteiger partial charge >= 0.3 is 0 Å². The van der Waals surface area contributed by atoms with Crippen molar-refractivity contribution in [3.63, 3.8) is 0 Å². The molecule has 2 aromatic rings. The van der Waals surface area contributed by atoms with E-state index in [1.54, 1.807) is 0 Å². The van der Waals surface area contributed by atoms with E-state index in [1.807, 2.05) is 56.7 Å². The Labute approximate surface area is 121 Å². The van der Waals surface area contributed by atoms with Crippen molar-refractivity contribution in [1.82, 2.24) is 9.88 Å². The van der Waals surface area contributed by atoms with Crippen LogP contribution in [0.4, 0.5) is 0 Å². The summed E-state index contributed by atoms with van der Waals surface area (Å²) in [5, 5.41) is 0. The monoisotopic (exact) mass is 270 g/mol. The van der Waals surface area contributed by atoms with Gasteiger partial charge in [0.15, 0.2) is 0 Å². The third-order valence-corrected chi connectivity index (χ3v) is 3.41. The minimum Gasteiger partial charge on any atom is -0.363 e. The second-order valence-corrected chi connectivity index (χ2v) is 5.27. The maximum atomic E-state index is 6.21. The van der Waals surface area contributed by atoms with E-state index in [1.165, 1.54) is 0 Å². The molecule has 2 rings (SSSR count). The second-order valence-electron chi connectivity index (χ2n) is 5.27. The molecule has 1 heterocycles. The number of rotatable bonds is 6. The van der Waals surface area contributed by atoms with E-state index in [-0.39, 0.29) is 0 Å². The maximum Gasteiger partial charge on any atom is 0.132 e. The quantitative estimate of drug-likeness (QED) is 0.807. The molecular weight excluding hydrogens is 248 g/mol. The van der Waals surface area contributed by atoms with Gasteiger partial charge in [0, 0.05) is 12.7 Å². The first-order valence-corrected chi connectivity index (χ1v) is 6.88. The number of benzene rings is 1. The molecule has 0 unspecified atom stereocenters. The van der Waals surface area contributed by atoms with Crippen LogP contribution in [-0.4, -0.2) is 37.1 Å². The highest BCUT2D eigenvalue weighted by molar-refractivity contribution is 5.31. The number of aromatic nitrogens is 1. The minimum atomic E-state index is -0.515. The van der Waals surface area contributed by atoms with Crippen molar-refractivity contribution in [2.75, 3.05) is 27.2 Å². The number of nitrogens with zero attached hydrogens (tertiary/aromatic N) is 2. The van der Waals surface area contributed by atoms with Gasteiger partial charge in [0.25, 0.3) is 0 Å². The first-order chi connectivity index (χ1) is 9.63. The zero-order chi connectivity index (χ0) is 14.4. The van der Waals surface area contributed by atoms with Crippen LogP contribution in [0.25, 0.3) is 0 Å². The molecular formula is C17H22N2O. The molecule has 1 atom stereocenters. The predicted molar refractivity (Wildman–Crippen MR) is 81.6 cm³/mol. The normalized spacial score (nSPS) is 14.2. The van der Waals surface area contributed by atoms with E-state index in [2.05, 4.69) is 28.9 Å². The smallest absolute Gasteiger partial charge is 0.132 e. The van der Waals surface area contributed by atoms with Crippen molar-refractivity contribution in [3.8, 4) is 0 Å². The zero-order valence-corrected chi connectivity index (χ0v) is 12.4. The molecule has 0 radical (unpaired) electrons. The first kappa shape index (κ1) is 14.7. The highest BCUT2D eigenvalue weighted by Gasteiger charge is 2.31. The molecule has 0 aliphatic carbocycles. The van der Waals surface area contributed by atoms with Crippen LogP contribution in [0.1, 0.15) is 18.2 Å². The van der Waals surface area contributed by atoms with Gasteiger partial charge in [-0.2, -0.15) is 0 Å². The maximum absolute atomic E-state index is 6.21. The van der Waals surface area contributed by atoms with Gasteiger partial charge in [-0.05, 0) is 38.7 Å². The van der Waals surface area contributed by atoms with E-state index in [0.29, 0.717) is 6.61 Å². The van der Waals surface area contributed by atoms with Crippen molar-refractivity contribution in [1.29, 1.82) is 0 Å². The number of likely N-dealkylation sites (N-methyl/N-ethyl adjacent to an activating group) is 1. The average molecular weight is 270 g/mol. The fourth-order valence-electron chi connectivity index (χ4n) is 2.14. The standard InChI is InChI=1S/C17H22N2O/c1-17(20-14-13-19(2)3,15-9-5-4-6-10-15)16-11-7-8-12-18-16/h4-12H,13-14H2,1-3H3/t17-/m0/s1. The number of pyridine rings is 1. The van der Waals surface area contributed by atoms with Crippen LogP contribution in [0.3, 0.4) is 0 Å². The van der Waals surface area contributed by atoms with Gasteiger partial charge in [0.1, 0.15) is 5.60 Å². The molecule has 3 nitrogen and oxygen atoms in total. The molecule has 0 aliphatic rings. The van der Waals surface area contributed by atoms with Gasteiger partial charge in [-0.15, -0.1) is 0 Å². The molecule has 0 N–H and O–H groups in total. The molecule has 1 aromatic heterocycles. The highest BCUT2D eigenvalue weighted by atomic mass is 16.5. The van der Waals surface area contributed by atoms with Gasteiger partial charge in [-0.1, -0.05) is 36.4 Å². The lowest BCUT2D eigenvalue weighted by Crippen LogP contribution is -2.32. The third kappa shape index (κ3) is 3.44. The summed E-state index contributed by atoms with van der Waals surface area (Å²) in [7, 11) is 4.09. The van der Waals surface area contributed by atoms with E-state index in [9.17, 15) is 0 Å². The SMILES string of the molecule is CN(C)CCO[C@@](C)(c1ccccc1)c1ccccn1. The topological polar surface area (TPSA) is 25.4 Å². The van der Waals surface area contributed by atoms with Gasteiger partial charge in [0.2, 0.25) is 0 Å². The summed E-state index contributed by atoms with van der Waals surface area (Å²) >= 11 is 0. The summed E-state index contributed by atoms with van der Waals surface area (Å²) in [5.74, 6) is 0. The number of hydrogen-bond donors (Lipinski definition) is 0. The van der Waals surface area contributed by atoms with Gasteiger partial charge in [0.05, 0.1) is 12.3 Å². The second kappa shape index (κ2) is 6.64. The Hall–Kier alpha value is -1.71. The molecule has 1 aromatic carbocycles. The van der Waals surface area contributed by atoms with Gasteiger partial charge in [-0.25, -0.2) is 0 Å². The Morgan fingerprint density at radius 1 is 1.05 bits per heavy atom. The molecule has 0 saturated carbocycles. The van der Waals surface area contributed by atoms with Crippen LogP contribution >= 0.6 is 0 Å². The van der Waals surface area contributed by atoms with Crippen molar-refractivity contribution in [2.45, 2.75) is 12.5 Å². The summed E-state index contributed by atoms with van der Waals surface area (Å²) in [6.45, 7) is 3.63. The van der Waals surface area contributed by atoms with E-state index >= 15 is 0 Å². The molecule has 20 heavy (non-hydrogen) atoms. The molecule has 106 valence electrons. The average Bonchev–Trinajstić information content (AvgIpc) is 2.48. The minimum absolute atomic E-state index is 0.515. The first-order valence-electron chi connectivity index (χ1n) is 6.88. The zero-order valence-electron chi connectivity index (χ0n) is 12.4. The van der Waals surface area contributed by atoms with Crippen molar-refractivity contribution in [2.24, 2.45) is 0 Å². The van der Waals surface area contributed by atoms with Crippen LogP contribution in [0.5, 0.6) is 0 Å². The lowest BCUT2D eigenvalue weighted by Gasteiger charge is -2.30. The number of ether oxygens (including phenoxy) is 1. The Morgan fingerprint density at radius 3 is 2.35 bits per heavy atom. The third-order valence-electron chi connectivity index (χ3n) is 3.41. The summed E-state index contributed by atoms with van der Waals surface area (Å²) in [6.07, 6.45) is 1.81. The Morgan fingerprint density at radius 2 is 1.75 bits per heavy atom. The van der Waals surface area contributed by atoms with Crippen LogP contribution in [0, 0.1) is 0 Å². The van der Waals surface area contributed by atoms with Gasteiger partial charge in [-0.3, -0.25) is 4.98 Å². The van der Waals surface area contributed by atoms with Crippen molar-refractivity contribution in [3.05, 3.63) is 66.0 Å². The van der Waals surface area contributed by atoms with Gasteiger partial charge < -0.3 is 9.64 Å².